The van der Waals surface area contributed by atoms with E-state index in [2.05, 4.69) is 10.2 Å². The number of piperidine rings is 1. The number of aryl methyl sites for hydroxylation is 1. The van der Waals surface area contributed by atoms with Crippen LogP contribution in [0.4, 0.5) is 0 Å². The van der Waals surface area contributed by atoms with Crippen LogP contribution in [0.1, 0.15) is 37.5 Å². The summed E-state index contributed by atoms with van der Waals surface area (Å²) < 4.78 is 10.8. The third-order valence-electron chi connectivity index (χ3n) is 4.68. The first-order valence-electron chi connectivity index (χ1n) is 8.49. The third-order valence-corrected chi connectivity index (χ3v) is 4.68. The predicted octanol–water partition coefficient (Wildman–Crippen LogP) is 0.754. The lowest BCUT2D eigenvalue weighted by atomic mass is 9.95. The fraction of sp³-hybridized carbons (Fsp3) is 0.750. The molecule has 0 aliphatic carbocycles. The number of hydrogen-bond donors (Lipinski definition) is 0. The highest BCUT2D eigenvalue weighted by Gasteiger charge is 2.33. The number of carbonyl (C=O) groups is 2. The van der Waals surface area contributed by atoms with Crippen LogP contribution in [-0.4, -0.2) is 64.7 Å². The van der Waals surface area contributed by atoms with Gasteiger partial charge in [0.1, 0.15) is 6.10 Å². The van der Waals surface area contributed by atoms with Gasteiger partial charge >= 0.3 is 0 Å². The molecule has 2 saturated heterocycles. The standard InChI is InChI=1S/C16H24N4O4/c1-11-17-18-14(24-11)10-19(2)15(21)12-5-7-20(8-6-12)16(22)13-4-3-9-23-13/h12-13H,3-10H2,1-2H3/t13-/m1/s1. The minimum absolute atomic E-state index is 0.0624. The van der Waals surface area contributed by atoms with Gasteiger partial charge in [-0.05, 0) is 25.7 Å². The molecule has 8 nitrogen and oxygen atoms in total. The summed E-state index contributed by atoms with van der Waals surface area (Å²) in [7, 11) is 1.74. The number of ether oxygens (including phenoxy) is 1. The third kappa shape index (κ3) is 3.75. The lowest BCUT2D eigenvalue weighted by molar-refractivity contribution is -0.145. The highest BCUT2D eigenvalue weighted by atomic mass is 16.5. The quantitative estimate of drug-likeness (QED) is 0.806. The number of hydrogen-bond acceptors (Lipinski definition) is 6. The molecule has 24 heavy (non-hydrogen) atoms. The minimum atomic E-state index is -0.277. The van der Waals surface area contributed by atoms with Crippen LogP contribution >= 0.6 is 0 Å². The molecule has 0 N–H and O–H groups in total. The largest absolute Gasteiger partial charge is 0.424 e. The van der Waals surface area contributed by atoms with Crippen molar-refractivity contribution in [1.29, 1.82) is 0 Å². The van der Waals surface area contributed by atoms with Gasteiger partial charge in [-0.1, -0.05) is 0 Å². The maximum Gasteiger partial charge on any atom is 0.251 e. The van der Waals surface area contributed by atoms with E-state index in [0.29, 0.717) is 50.9 Å². The van der Waals surface area contributed by atoms with Crippen LogP contribution < -0.4 is 0 Å². The summed E-state index contributed by atoms with van der Waals surface area (Å²) in [6.07, 6.45) is 2.85. The molecule has 0 bridgehead atoms. The fourth-order valence-electron chi connectivity index (χ4n) is 3.32. The Labute approximate surface area is 141 Å². The SMILES string of the molecule is Cc1nnc(CN(C)C(=O)C2CCN(C(=O)[C@H]3CCCO3)CC2)o1. The van der Waals surface area contributed by atoms with Crippen LogP contribution in [0, 0.1) is 12.8 Å². The summed E-state index contributed by atoms with van der Waals surface area (Å²) in [6.45, 7) is 3.93. The van der Waals surface area contributed by atoms with Gasteiger partial charge in [0.05, 0.1) is 6.54 Å². The van der Waals surface area contributed by atoms with Gasteiger partial charge in [0, 0.05) is 39.6 Å². The Balaban J connectivity index is 1.48. The topological polar surface area (TPSA) is 88.8 Å². The Morgan fingerprint density at radius 2 is 2.00 bits per heavy atom. The van der Waals surface area contributed by atoms with Gasteiger partial charge in [0.25, 0.3) is 5.91 Å². The molecule has 2 fully saturated rings. The van der Waals surface area contributed by atoms with E-state index in [4.69, 9.17) is 9.15 Å². The lowest BCUT2D eigenvalue weighted by Crippen LogP contribution is -2.46. The molecule has 2 aliphatic heterocycles. The second-order valence-corrected chi connectivity index (χ2v) is 6.51. The van der Waals surface area contributed by atoms with E-state index in [1.165, 1.54) is 0 Å². The zero-order chi connectivity index (χ0) is 17.1. The Hall–Kier alpha value is -1.96. The molecule has 1 aromatic heterocycles. The molecule has 0 saturated carbocycles. The Kier molecular flexibility index (Phi) is 5.13. The highest BCUT2D eigenvalue weighted by molar-refractivity contribution is 5.82. The molecule has 1 aromatic rings. The van der Waals surface area contributed by atoms with Gasteiger partial charge < -0.3 is 19.0 Å². The van der Waals surface area contributed by atoms with Crippen LogP contribution in [0.25, 0.3) is 0 Å². The molecule has 8 heteroatoms. The summed E-state index contributed by atoms with van der Waals surface area (Å²) >= 11 is 0. The van der Waals surface area contributed by atoms with E-state index in [1.807, 2.05) is 4.90 Å². The maximum absolute atomic E-state index is 12.5. The molecule has 0 spiro atoms. The number of nitrogens with zero attached hydrogens (tertiary/aromatic N) is 4. The molecule has 132 valence electrons. The number of rotatable bonds is 4. The van der Waals surface area contributed by atoms with Gasteiger partial charge in [0.2, 0.25) is 17.7 Å². The van der Waals surface area contributed by atoms with Crippen molar-refractivity contribution in [3.05, 3.63) is 11.8 Å². The van der Waals surface area contributed by atoms with Gasteiger partial charge in [-0.25, -0.2) is 0 Å². The van der Waals surface area contributed by atoms with Gasteiger partial charge in [-0.3, -0.25) is 9.59 Å². The second kappa shape index (κ2) is 7.29. The predicted molar refractivity (Wildman–Crippen MR) is 83.8 cm³/mol. The van der Waals surface area contributed by atoms with E-state index in [0.717, 1.165) is 12.8 Å². The van der Waals surface area contributed by atoms with Crippen molar-refractivity contribution in [3.63, 3.8) is 0 Å². The summed E-state index contributed by atoms with van der Waals surface area (Å²) in [4.78, 5) is 28.3. The normalized spacial score (nSPS) is 21.9. The number of aromatic nitrogens is 2. The van der Waals surface area contributed by atoms with E-state index in [1.54, 1.807) is 18.9 Å². The zero-order valence-corrected chi connectivity index (χ0v) is 14.2. The number of carbonyl (C=O) groups excluding carboxylic acids is 2. The first-order valence-corrected chi connectivity index (χ1v) is 8.49. The second-order valence-electron chi connectivity index (χ2n) is 6.51. The number of likely N-dealkylation sites (tertiary alicyclic amines) is 1. The molecule has 2 aliphatic rings. The van der Waals surface area contributed by atoms with E-state index >= 15 is 0 Å². The van der Waals surface area contributed by atoms with Gasteiger partial charge in [-0.15, -0.1) is 10.2 Å². The first-order chi connectivity index (χ1) is 11.5. The van der Waals surface area contributed by atoms with Gasteiger partial charge in [-0.2, -0.15) is 0 Å². The summed E-state index contributed by atoms with van der Waals surface area (Å²) in [5, 5.41) is 7.68. The molecule has 2 amide bonds. The summed E-state index contributed by atoms with van der Waals surface area (Å²) in [5.41, 5.74) is 0. The Morgan fingerprint density at radius 1 is 1.25 bits per heavy atom. The van der Waals surface area contributed by atoms with Crippen LogP contribution in [-0.2, 0) is 20.9 Å². The maximum atomic E-state index is 12.5. The molecule has 3 rings (SSSR count). The molecular weight excluding hydrogens is 312 g/mol. The fourth-order valence-corrected chi connectivity index (χ4v) is 3.32. The average Bonchev–Trinajstić information content (AvgIpc) is 3.25. The molecule has 0 radical (unpaired) electrons. The van der Waals surface area contributed by atoms with E-state index < -0.39 is 0 Å². The smallest absolute Gasteiger partial charge is 0.251 e. The minimum Gasteiger partial charge on any atom is -0.424 e. The van der Waals surface area contributed by atoms with Crippen molar-refractivity contribution in [1.82, 2.24) is 20.0 Å². The van der Waals surface area contributed by atoms with Crippen LogP contribution in [0.15, 0.2) is 4.42 Å². The van der Waals surface area contributed by atoms with Crippen molar-refractivity contribution < 1.29 is 18.7 Å². The highest BCUT2D eigenvalue weighted by Crippen LogP contribution is 2.23. The average molecular weight is 336 g/mol. The van der Waals surface area contributed by atoms with Crippen molar-refractivity contribution in [2.75, 3.05) is 26.7 Å². The number of amides is 2. The molecule has 3 heterocycles. The summed E-state index contributed by atoms with van der Waals surface area (Å²) in [6, 6.07) is 0. The molecular formula is C16H24N4O4. The van der Waals surface area contributed by atoms with E-state index in [-0.39, 0.29) is 23.8 Å². The van der Waals surface area contributed by atoms with Crippen molar-refractivity contribution in [2.45, 2.75) is 45.3 Å². The van der Waals surface area contributed by atoms with Crippen LogP contribution in [0.3, 0.4) is 0 Å². The van der Waals surface area contributed by atoms with Crippen LogP contribution in [0.2, 0.25) is 0 Å². The van der Waals surface area contributed by atoms with Crippen molar-refractivity contribution in [3.8, 4) is 0 Å². The first kappa shape index (κ1) is 16.9. The van der Waals surface area contributed by atoms with Gasteiger partial charge in [0.15, 0.2) is 0 Å². The lowest BCUT2D eigenvalue weighted by Gasteiger charge is -2.34. The van der Waals surface area contributed by atoms with Crippen LogP contribution in [0.5, 0.6) is 0 Å². The zero-order valence-electron chi connectivity index (χ0n) is 14.2. The molecule has 0 unspecified atom stereocenters. The van der Waals surface area contributed by atoms with Crippen molar-refractivity contribution >= 4 is 11.8 Å². The monoisotopic (exact) mass is 336 g/mol. The molecule has 0 aromatic carbocycles. The van der Waals surface area contributed by atoms with Crippen molar-refractivity contribution in [2.24, 2.45) is 5.92 Å². The summed E-state index contributed by atoms with van der Waals surface area (Å²) in [5.74, 6) is 1.01. The molecule has 1 atom stereocenters. The Bertz CT molecular complexity index is 589. The Morgan fingerprint density at radius 3 is 2.58 bits per heavy atom. The van der Waals surface area contributed by atoms with E-state index in [9.17, 15) is 9.59 Å².